The zero-order valence-corrected chi connectivity index (χ0v) is 18.4. The number of rotatable bonds is 6. The first-order valence-electron chi connectivity index (χ1n) is 10.2. The molecule has 0 radical (unpaired) electrons. The summed E-state index contributed by atoms with van der Waals surface area (Å²) in [5.41, 5.74) is 1.74. The molecule has 0 aromatic carbocycles. The lowest BCUT2D eigenvalue weighted by molar-refractivity contribution is -0.114. The second kappa shape index (κ2) is 8.88. The number of nitrogens with one attached hydrogen (secondary N) is 4. The predicted octanol–water partition coefficient (Wildman–Crippen LogP) is 3.89. The molecule has 31 heavy (non-hydrogen) atoms. The first-order valence-corrected chi connectivity index (χ1v) is 11.0. The Morgan fingerprint density at radius 1 is 1.32 bits per heavy atom. The van der Waals surface area contributed by atoms with E-state index in [9.17, 15) is 9.59 Å². The number of fused-ring (bicyclic) bond motifs is 1. The molecular formula is C20H25N7O3S. The lowest BCUT2D eigenvalue weighted by Crippen LogP contribution is -2.33. The van der Waals surface area contributed by atoms with Crippen molar-refractivity contribution in [1.82, 2.24) is 25.5 Å². The third-order valence-electron chi connectivity index (χ3n) is 4.94. The molecule has 1 aliphatic carbocycles. The van der Waals surface area contributed by atoms with Crippen LogP contribution in [0.3, 0.4) is 0 Å². The SMILES string of the molecule is CC(=O)Nc1nc2ccnc(Nc3cc([C@@H]4CC[C@H](OC(=O)NC(C)C)C4)[nH]n3)c2s1. The molecule has 1 saturated carbocycles. The minimum absolute atomic E-state index is 0.0527. The number of nitrogens with zero attached hydrogens (tertiary/aromatic N) is 3. The van der Waals surface area contributed by atoms with Gasteiger partial charge in [-0.2, -0.15) is 5.10 Å². The van der Waals surface area contributed by atoms with Gasteiger partial charge in [0.15, 0.2) is 16.8 Å². The number of H-pyrrole nitrogens is 1. The van der Waals surface area contributed by atoms with E-state index in [-0.39, 0.29) is 30.1 Å². The largest absolute Gasteiger partial charge is 0.446 e. The Morgan fingerprint density at radius 2 is 2.16 bits per heavy atom. The van der Waals surface area contributed by atoms with Gasteiger partial charge in [-0.25, -0.2) is 14.8 Å². The molecule has 0 bridgehead atoms. The number of carbonyl (C=O) groups is 2. The van der Waals surface area contributed by atoms with Gasteiger partial charge in [0.2, 0.25) is 5.91 Å². The van der Waals surface area contributed by atoms with Crippen LogP contribution in [0.5, 0.6) is 0 Å². The average molecular weight is 444 g/mol. The Kier molecular flexibility index (Phi) is 6.03. The molecule has 3 aromatic heterocycles. The number of anilines is 3. The van der Waals surface area contributed by atoms with Gasteiger partial charge in [-0.3, -0.25) is 9.89 Å². The molecule has 2 atom stereocenters. The number of carbonyl (C=O) groups excluding carboxylic acids is 2. The van der Waals surface area contributed by atoms with Gasteiger partial charge in [0.25, 0.3) is 0 Å². The zero-order chi connectivity index (χ0) is 22.0. The van der Waals surface area contributed by atoms with Crippen LogP contribution in [0.4, 0.5) is 21.6 Å². The monoisotopic (exact) mass is 443 g/mol. The summed E-state index contributed by atoms with van der Waals surface area (Å²) >= 11 is 1.35. The lowest BCUT2D eigenvalue weighted by Gasteiger charge is -2.14. The van der Waals surface area contributed by atoms with E-state index in [0.29, 0.717) is 16.8 Å². The van der Waals surface area contributed by atoms with Crippen LogP contribution >= 0.6 is 11.3 Å². The molecule has 0 unspecified atom stereocenters. The maximum Gasteiger partial charge on any atom is 0.407 e. The van der Waals surface area contributed by atoms with E-state index >= 15 is 0 Å². The van der Waals surface area contributed by atoms with E-state index < -0.39 is 0 Å². The molecule has 0 spiro atoms. The van der Waals surface area contributed by atoms with Crippen LogP contribution in [0.15, 0.2) is 18.3 Å². The third kappa shape index (κ3) is 5.10. The summed E-state index contributed by atoms with van der Waals surface area (Å²) in [5, 5.41) is 16.7. The van der Waals surface area contributed by atoms with E-state index in [4.69, 9.17) is 4.74 Å². The fourth-order valence-electron chi connectivity index (χ4n) is 3.63. The van der Waals surface area contributed by atoms with Crippen molar-refractivity contribution in [3.8, 4) is 0 Å². The number of pyridine rings is 1. The van der Waals surface area contributed by atoms with Crippen molar-refractivity contribution in [2.24, 2.45) is 0 Å². The highest BCUT2D eigenvalue weighted by molar-refractivity contribution is 7.22. The molecule has 1 aliphatic rings. The summed E-state index contributed by atoms with van der Waals surface area (Å²) in [6.45, 7) is 5.25. The summed E-state index contributed by atoms with van der Waals surface area (Å²) in [6, 6.07) is 3.81. The summed E-state index contributed by atoms with van der Waals surface area (Å²) < 4.78 is 6.34. The van der Waals surface area contributed by atoms with Crippen molar-refractivity contribution in [1.29, 1.82) is 0 Å². The average Bonchev–Trinajstić information content (AvgIpc) is 3.40. The molecule has 0 saturated heterocycles. The zero-order valence-electron chi connectivity index (χ0n) is 17.6. The molecular weight excluding hydrogens is 418 g/mol. The minimum atomic E-state index is -0.366. The topological polar surface area (TPSA) is 134 Å². The summed E-state index contributed by atoms with van der Waals surface area (Å²) in [6.07, 6.45) is 3.71. The van der Waals surface area contributed by atoms with Gasteiger partial charge in [-0.05, 0) is 39.2 Å². The number of hydrogen-bond acceptors (Lipinski definition) is 8. The third-order valence-corrected chi connectivity index (χ3v) is 5.93. The number of aromatic nitrogens is 4. The smallest absolute Gasteiger partial charge is 0.407 e. The van der Waals surface area contributed by atoms with Crippen molar-refractivity contribution >= 4 is 50.3 Å². The molecule has 2 amide bonds. The normalized spacial score (nSPS) is 18.3. The van der Waals surface area contributed by atoms with Gasteiger partial charge >= 0.3 is 6.09 Å². The number of aromatic amines is 1. The molecule has 11 heteroatoms. The Morgan fingerprint density at radius 3 is 2.94 bits per heavy atom. The Balaban J connectivity index is 1.41. The number of alkyl carbamates (subject to hydrolysis) is 1. The Labute approximate surface area is 183 Å². The van der Waals surface area contributed by atoms with Gasteiger partial charge in [0, 0.05) is 36.8 Å². The molecule has 3 heterocycles. The standard InChI is InChI=1S/C20H25N7O3S/c1-10(2)22-20(29)30-13-5-4-12(8-13)15-9-16(27-26-15)25-18-17-14(6-7-21-18)24-19(31-17)23-11(3)28/h6-7,9-10,12-13H,4-5,8H2,1-3H3,(H,22,29)(H,23,24,28)(H2,21,25,26,27)/t12-,13+/m1/s1. The number of amides is 2. The summed E-state index contributed by atoms with van der Waals surface area (Å²) in [5.74, 6) is 1.35. The first-order chi connectivity index (χ1) is 14.9. The predicted molar refractivity (Wildman–Crippen MR) is 119 cm³/mol. The van der Waals surface area contributed by atoms with Crippen LogP contribution in [0.25, 0.3) is 10.2 Å². The fraction of sp³-hybridized carbons (Fsp3) is 0.450. The van der Waals surface area contributed by atoms with E-state index in [2.05, 4.69) is 36.1 Å². The second-order valence-corrected chi connectivity index (χ2v) is 8.88. The highest BCUT2D eigenvalue weighted by atomic mass is 32.1. The van der Waals surface area contributed by atoms with Crippen molar-refractivity contribution in [3.05, 3.63) is 24.0 Å². The molecule has 0 aliphatic heterocycles. The highest BCUT2D eigenvalue weighted by Crippen LogP contribution is 2.37. The van der Waals surface area contributed by atoms with Crippen molar-refractivity contribution in [2.75, 3.05) is 10.6 Å². The lowest BCUT2D eigenvalue weighted by atomic mass is 10.0. The van der Waals surface area contributed by atoms with E-state index in [0.717, 1.165) is 35.2 Å². The Hall–Kier alpha value is -3.21. The molecule has 3 aromatic rings. The molecule has 4 N–H and O–H groups in total. The molecule has 4 rings (SSSR count). The van der Waals surface area contributed by atoms with Gasteiger partial charge < -0.3 is 20.7 Å². The maximum atomic E-state index is 11.8. The highest BCUT2D eigenvalue weighted by Gasteiger charge is 2.30. The van der Waals surface area contributed by atoms with E-state index in [1.807, 2.05) is 19.9 Å². The maximum absolute atomic E-state index is 11.8. The van der Waals surface area contributed by atoms with Gasteiger partial charge in [-0.1, -0.05) is 11.3 Å². The van der Waals surface area contributed by atoms with Crippen molar-refractivity contribution in [3.63, 3.8) is 0 Å². The first kappa shape index (κ1) is 21.0. The van der Waals surface area contributed by atoms with Gasteiger partial charge in [0.05, 0.1) is 10.2 Å². The van der Waals surface area contributed by atoms with Gasteiger partial charge in [-0.15, -0.1) is 0 Å². The summed E-state index contributed by atoms with van der Waals surface area (Å²) in [4.78, 5) is 31.9. The van der Waals surface area contributed by atoms with Gasteiger partial charge in [0.1, 0.15) is 6.10 Å². The van der Waals surface area contributed by atoms with Crippen molar-refractivity contribution < 1.29 is 14.3 Å². The Bertz CT molecular complexity index is 1090. The van der Waals surface area contributed by atoms with Crippen LogP contribution in [0.2, 0.25) is 0 Å². The minimum Gasteiger partial charge on any atom is -0.446 e. The molecule has 164 valence electrons. The number of ether oxygens (including phenoxy) is 1. The summed E-state index contributed by atoms with van der Waals surface area (Å²) in [7, 11) is 0. The molecule has 1 fully saturated rings. The number of hydrogen-bond donors (Lipinski definition) is 4. The van der Waals surface area contributed by atoms with E-state index in [1.165, 1.54) is 18.3 Å². The van der Waals surface area contributed by atoms with Crippen LogP contribution in [-0.2, 0) is 9.53 Å². The quantitative estimate of drug-likeness (QED) is 0.454. The van der Waals surface area contributed by atoms with Crippen molar-refractivity contribution in [2.45, 2.75) is 58.1 Å². The number of thiazole rings is 1. The van der Waals surface area contributed by atoms with Crippen LogP contribution in [0.1, 0.15) is 51.6 Å². The van der Waals surface area contributed by atoms with Crippen LogP contribution in [-0.4, -0.2) is 44.3 Å². The van der Waals surface area contributed by atoms with Crippen LogP contribution < -0.4 is 16.0 Å². The second-order valence-electron chi connectivity index (χ2n) is 7.88. The molecule has 10 nitrogen and oxygen atoms in total. The van der Waals surface area contributed by atoms with Crippen LogP contribution in [0, 0.1) is 0 Å². The van der Waals surface area contributed by atoms with E-state index in [1.54, 1.807) is 12.3 Å². The fourth-order valence-corrected chi connectivity index (χ4v) is 4.58.